The SMILES string of the molecule is CC.Cc1nc(C)c2ncccc2n1. The Kier molecular flexibility index (Phi) is 3.51. The number of hydrogen-bond donors (Lipinski definition) is 0. The van der Waals surface area contributed by atoms with Gasteiger partial charge < -0.3 is 0 Å². The molecule has 3 nitrogen and oxygen atoms in total. The molecule has 2 aromatic heterocycles. The van der Waals surface area contributed by atoms with Crippen LogP contribution in [0, 0.1) is 13.8 Å². The van der Waals surface area contributed by atoms with Crippen molar-refractivity contribution in [3.05, 3.63) is 29.8 Å². The maximum Gasteiger partial charge on any atom is 0.126 e. The zero-order chi connectivity index (χ0) is 10.6. The fourth-order valence-corrected chi connectivity index (χ4v) is 1.26. The first-order valence-corrected chi connectivity index (χ1v) is 4.83. The van der Waals surface area contributed by atoms with Gasteiger partial charge in [0.1, 0.15) is 11.3 Å². The molecule has 2 heterocycles. The van der Waals surface area contributed by atoms with Gasteiger partial charge in [-0.1, -0.05) is 13.8 Å². The average Bonchev–Trinajstić information content (AvgIpc) is 2.20. The second-order valence-electron chi connectivity index (χ2n) is 2.73. The van der Waals surface area contributed by atoms with E-state index < -0.39 is 0 Å². The molecule has 0 aliphatic carbocycles. The van der Waals surface area contributed by atoms with E-state index in [4.69, 9.17) is 0 Å². The van der Waals surface area contributed by atoms with Crippen molar-refractivity contribution in [2.75, 3.05) is 0 Å². The Balaban J connectivity index is 0.000000461. The van der Waals surface area contributed by atoms with Crippen molar-refractivity contribution in [1.82, 2.24) is 15.0 Å². The van der Waals surface area contributed by atoms with Crippen LogP contribution in [0.3, 0.4) is 0 Å². The lowest BCUT2D eigenvalue weighted by Gasteiger charge is -1.99. The van der Waals surface area contributed by atoms with Crippen molar-refractivity contribution >= 4 is 11.0 Å². The van der Waals surface area contributed by atoms with Crippen LogP contribution in [0.25, 0.3) is 11.0 Å². The third-order valence-corrected chi connectivity index (χ3v) is 1.74. The lowest BCUT2D eigenvalue weighted by Crippen LogP contribution is -1.94. The maximum absolute atomic E-state index is 4.26. The van der Waals surface area contributed by atoms with Gasteiger partial charge in [0.05, 0.1) is 11.2 Å². The van der Waals surface area contributed by atoms with Crippen molar-refractivity contribution in [3.8, 4) is 0 Å². The third kappa shape index (κ3) is 2.05. The number of aryl methyl sites for hydroxylation is 2. The molecule has 0 saturated carbocycles. The Bertz CT molecular complexity index is 424. The summed E-state index contributed by atoms with van der Waals surface area (Å²) >= 11 is 0. The molecule has 0 bridgehead atoms. The molecule has 0 radical (unpaired) electrons. The Morgan fingerprint density at radius 2 is 1.79 bits per heavy atom. The molecular weight excluding hydrogens is 174 g/mol. The Hall–Kier alpha value is -1.51. The molecule has 74 valence electrons. The van der Waals surface area contributed by atoms with E-state index in [1.165, 1.54) is 0 Å². The van der Waals surface area contributed by atoms with E-state index in [0.29, 0.717) is 0 Å². The summed E-state index contributed by atoms with van der Waals surface area (Å²) in [6.45, 7) is 7.84. The molecule has 0 aliphatic rings. The molecule has 0 N–H and O–H groups in total. The molecule has 2 aromatic rings. The highest BCUT2D eigenvalue weighted by molar-refractivity contribution is 5.75. The van der Waals surface area contributed by atoms with E-state index in [-0.39, 0.29) is 0 Å². The summed E-state index contributed by atoms with van der Waals surface area (Å²) in [5.41, 5.74) is 2.75. The summed E-state index contributed by atoms with van der Waals surface area (Å²) in [5, 5.41) is 0. The summed E-state index contributed by atoms with van der Waals surface area (Å²) in [6.07, 6.45) is 1.76. The predicted molar refractivity (Wildman–Crippen MR) is 58.2 cm³/mol. The molecule has 0 atom stereocenters. The first-order valence-electron chi connectivity index (χ1n) is 4.83. The Morgan fingerprint density at radius 1 is 1.07 bits per heavy atom. The minimum absolute atomic E-state index is 0.799. The highest BCUT2D eigenvalue weighted by Crippen LogP contribution is 2.10. The van der Waals surface area contributed by atoms with Crippen LogP contribution < -0.4 is 0 Å². The first-order chi connectivity index (χ1) is 6.77. The molecule has 0 aliphatic heterocycles. The van der Waals surface area contributed by atoms with E-state index in [1.54, 1.807) is 6.20 Å². The van der Waals surface area contributed by atoms with Crippen LogP contribution in [0.5, 0.6) is 0 Å². The topological polar surface area (TPSA) is 38.7 Å². The monoisotopic (exact) mass is 189 g/mol. The smallest absolute Gasteiger partial charge is 0.126 e. The van der Waals surface area contributed by atoms with Crippen molar-refractivity contribution in [1.29, 1.82) is 0 Å². The van der Waals surface area contributed by atoms with Gasteiger partial charge in [0.25, 0.3) is 0 Å². The van der Waals surface area contributed by atoms with Gasteiger partial charge in [0.15, 0.2) is 0 Å². The third-order valence-electron chi connectivity index (χ3n) is 1.74. The van der Waals surface area contributed by atoms with Crippen LogP contribution >= 0.6 is 0 Å². The molecular formula is C11H15N3. The van der Waals surface area contributed by atoms with Crippen LogP contribution in [0.2, 0.25) is 0 Å². The Morgan fingerprint density at radius 3 is 2.50 bits per heavy atom. The number of fused-ring (bicyclic) bond motifs is 1. The van der Waals surface area contributed by atoms with Gasteiger partial charge in [0.2, 0.25) is 0 Å². The molecule has 0 unspecified atom stereocenters. The van der Waals surface area contributed by atoms with Gasteiger partial charge in [0, 0.05) is 6.20 Å². The summed E-state index contributed by atoms with van der Waals surface area (Å²) in [5.74, 6) is 0.799. The molecule has 0 amide bonds. The van der Waals surface area contributed by atoms with E-state index >= 15 is 0 Å². The highest BCUT2D eigenvalue weighted by atomic mass is 14.9. The van der Waals surface area contributed by atoms with E-state index in [9.17, 15) is 0 Å². The average molecular weight is 189 g/mol. The quantitative estimate of drug-likeness (QED) is 0.639. The number of aromatic nitrogens is 3. The van der Waals surface area contributed by atoms with Crippen LogP contribution in [0.4, 0.5) is 0 Å². The summed E-state index contributed by atoms with van der Waals surface area (Å²) in [4.78, 5) is 12.7. The van der Waals surface area contributed by atoms with Gasteiger partial charge >= 0.3 is 0 Å². The molecule has 14 heavy (non-hydrogen) atoms. The zero-order valence-corrected chi connectivity index (χ0v) is 9.07. The predicted octanol–water partition coefficient (Wildman–Crippen LogP) is 2.67. The second-order valence-corrected chi connectivity index (χ2v) is 2.73. The zero-order valence-electron chi connectivity index (χ0n) is 9.07. The number of pyridine rings is 1. The van der Waals surface area contributed by atoms with Crippen LogP contribution in [-0.2, 0) is 0 Å². The van der Waals surface area contributed by atoms with Crippen molar-refractivity contribution in [2.45, 2.75) is 27.7 Å². The number of hydrogen-bond acceptors (Lipinski definition) is 3. The van der Waals surface area contributed by atoms with Crippen LogP contribution in [0.15, 0.2) is 18.3 Å². The molecule has 0 fully saturated rings. The first kappa shape index (κ1) is 10.6. The van der Waals surface area contributed by atoms with Crippen LogP contribution in [0.1, 0.15) is 25.4 Å². The summed E-state index contributed by atoms with van der Waals surface area (Å²) in [6, 6.07) is 3.83. The minimum atomic E-state index is 0.799. The maximum atomic E-state index is 4.26. The van der Waals surface area contributed by atoms with E-state index in [2.05, 4.69) is 15.0 Å². The normalized spacial score (nSPS) is 9.43. The van der Waals surface area contributed by atoms with Gasteiger partial charge in [-0.3, -0.25) is 4.98 Å². The van der Waals surface area contributed by atoms with E-state index in [0.717, 1.165) is 22.6 Å². The van der Waals surface area contributed by atoms with Crippen molar-refractivity contribution < 1.29 is 0 Å². The lowest BCUT2D eigenvalue weighted by atomic mass is 10.3. The summed E-state index contributed by atoms with van der Waals surface area (Å²) in [7, 11) is 0. The number of nitrogens with zero attached hydrogens (tertiary/aromatic N) is 3. The highest BCUT2D eigenvalue weighted by Gasteiger charge is 2.00. The van der Waals surface area contributed by atoms with Gasteiger partial charge in [-0.15, -0.1) is 0 Å². The van der Waals surface area contributed by atoms with Gasteiger partial charge in [-0.2, -0.15) is 0 Å². The molecule has 0 aromatic carbocycles. The molecule has 0 spiro atoms. The standard InChI is InChI=1S/C9H9N3.C2H6/c1-6-9-8(4-3-5-10-9)12-7(2)11-6;1-2/h3-5H,1-2H3;1-2H3. The van der Waals surface area contributed by atoms with Gasteiger partial charge in [-0.25, -0.2) is 9.97 Å². The molecule has 3 heteroatoms. The summed E-state index contributed by atoms with van der Waals surface area (Å²) < 4.78 is 0. The largest absolute Gasteiger partial charge is 0.253 e. The molecule has 0 saturated heterocycles. The van der Waals surface area contributed by atoms with Crippen LogP contribution in [-0.4, -0.2) is 15.0 Å². The van der Waals surface area contributed by atoms with Crippen molar-refractivity contribution in [2.24, 2.45) is 0 Å². The van der Waals surface area contributed by atoms with E-state index in [1.807, 2.05) is 39.8 Å². The van der Waals surface area contributed by atoms with Crippen molar-refractivity contribution in [3.63, 3.8) is 0 Å². The van der Waals surface area contributed by atoms with Gasteiger partial charge in [-0.05, 0) is 26.0 Å². The molecule has 2 rings (SSSR count). The minimum Gasteiger partial charge on any atom is -0.253 e. The lowest BCUT2D eigenvalue weighted by molar-refractivity contribution is 1.04. The Labute approximate surface area is 84.2 Å². The number of rotatable bonds is 0. The fourth-order valence-electron chi connectivity index (χ4n) is 1.26. The second kappa shape index (κ2) is 4.65. The fraction of sp³-hybridized carbons (Fsp3) is 0.364.